The molecule has 2 fully saturated rings. The monoisotopic (exact) mass is 297 g/mol. The third kappa shape index (κ3) is 3.11. The van der Waals surface area contributed by atoms with Crippen molar-refractivity contribution in [2.45, 2.75) is 44.7 Å². The number of carboxylic acid groups (broad SMARTS) is 1. The number of likely N-dealkylation sites (N-methyl/N-ethyl adjacent to an activating group) is 1. The average Bonchev–Trinajstić information content (AvgIpc) is 2.94. The molecule has 7 nitrogen and oxygen atoms in total. The Morgan fingerprint density at radius 1 is 1.14 bits per heavy atom. The Balaban J connectivity index is 2.03. The summed E-state index contributed by atoms with van der Waals surface area (Å²) in [6, 6.07) is -0.650. The minimum atomic E-state index is -0.793. The molecule has 21 heavy (non-hydrogen) atoms. The lowest BCUT2D eigenvalue weighted by atomic mass is 9.92. The van der Waals surface area contributed by atoms with E-state index in [1.54, 1.807) is 16.8 Å². The van der Waals surface area contributed by atoms with Gasteiger partial charge in [-0.2, -0.15) is 0 Å². The van der Waals surface area contributed by atoms with Crippen LogP contribution in [0, 0.1) is 5.92 Å². The van der Waals surface area contributed by atoms with E-state index in [4.69, 9.17) is 5.11 Å². The van der Waals surface area contributed by atoms with Crippen molar-refractivity contribution in [1.82, 2.24) is 15.1 Å². The van der Waals surface area contributed by atoms with Gasteiger partial charge in [-0.15, -0.1) is 0 Å². The highest BCUT2D eigenvalue weighted by Gasteiger charge is 2.39. The van der Waals surface area contributed by atoms with Crippen molar-refractivity contribution in [2.24, 2.45) is 5.92 Å². The lowest BCUT2D eigenvalue weighted by Crippen LogP contribution is -2.55. The summed E-state index contributed by atoms with van der Waals surface area (Å²) in [6.07, 6.45) is 2.46. The fourth-order valence-corrected chi connectivity index (χ4v) is 3.28. The van der Waals surface area contributed by atoms with Gasteiger partial charge in [0.25, 0.3) is 0 Å². The molecule has 2 aliphatic heterocycles. The van der Waals surface area contributed by atoms with E-state index >= 15 is 0 Å². The normalized spacial score (nSPS) is 29.3. The number of carboxylic acids is 1. The van der Waals surface area contributed by atoms with Gasteiger partial charge in [0, 0.05) is 26.2 Å². The van der Waals surface area contributed by atoms with Crippen molar-refractivity contribution in [3.8, 4) is 0 Å². The average molecular weight is 297 g/mol. The number of nitrogens with one attached hydrogen (secondary N) is 1. The Bertz CT molecular complexity index is 440. The van der Waals surface area contributed by atoms with E-state index in [9.17, 15) is 14.4 Å². The smallest absolute Gasteiger partial charge is 0.320 e. The van der Waals surface area contributed by atoms with Crippen LogP contribution in [0.1, 0.15) is 32.6 Å². The number of carbonyl (C=O) groups is 3. The van der Waals surface area contributed by atoms with E-state index in [0.717, 1.165) is 6.42 Å². The quantitative estimate of drug-likeness (QED) is 0.776. The molecule has 118 valence electrons. The predicted molar refractivity (Wildman–Crippen MR) is 75.7 cm³/mol. The zero-order valence-electron chi connectivity index (χ0n) is 12.5. The summed E-state index contributed by atoms with van der Waals surface area (Å²) in [5.41, 5.74) is 0. The summed E-state index contributed by atoms with van der Waals surface area (Å²) in [5.74, 6) is -1.30. The van der Waals surface area contributed by atoms with E-state index in [-0.39, 0.29) is 23.9 Å². The Hall–Kier alpha value is -1.79. The van der Waals surface area contributed by atoms with Gasteiger partial charge in [0.05, 0.1) is 5.92 Å². The molecule has 0 saturated carbocycles. The molecular weight excluding hydrogens is 274 g/mol. The van der Waals surface area contributed by atoms with Crippen LogP contribution in [0.2, 0.25) is 0 Å². The van der Waals surface area contributed by atoms with Crippen LogP contribution in [0.4, 0.5) is 4.79 Å². The number of hydrogen-bond acceptors (Lipinski definition) is 3. The minimum absolute atomic E-state index is 0.113. The topological polar surface area (TPSA) is 90.0 Å². The van der Waals surface area contributed by atoms with Crippen molar-refractivity contribution in [2.75, 3.05) is 20.1 Å². The van der Waals surface area contributed by atoms with Gasteiger partial charge in [0.2, 0.25) is 5.91 Å². The maximum atomic E-state index is 12.6. The number of piperidine rings is 1. The molecular formula is C14H23N3O4. The van der Waals surface area contributed by atoms with Crippen LogP contribution >= 0.6 is 0 Å². The molecule has 2 rings (SSSR count). The highest BCUT2D eigenvalue weighted by Crippen LogP contribution is 2.26. The second-order valence-electron chi connectivity index (χ2n) is 5.85. The molecule has 3 unspecified atom stereocenters. The Morgan fingerprint density at radius 3 is 2.43 bits per heavy atom. The first-order valence-corrected chi connectivity index (χ1v) is 7.47. The molecule has 2 aliphatic rings. The van der Waals surface area contributed by atoms with Gasteiger partial charge in [-0.3, -0.25) is 9.59 Å². The Labute approximate surface area is 124 Å². The maximum absolute atomic E-state index is 12.6. The van der Waals surface area contributed by atoms with Crippen LogP contribution in [-0.2, 0) is 9.59 Å². The molecule has 0 bridgehead atoms. The molecule has 2 saturated heterocycles. The number of urea groups is 1. The second kappa shape index (κ2) is 6.32. The van der Waals surface area contributed by atoms with Crippen LogP contribution in [0.5, 0.6) is 0 Å². The van der Waals surface area contributed by atoms with Crippen LogP contribution in [-0.4, -0.2) is 65.0 Å². The van der Waals surface area contributed by atoms with Crippen molar-refractivity contribution < 1.29 is 19.5 Å². The van der Waals surface area contributed by atoms with E-state index < -0.39 is 12.0 Å². The maximum Gasteiger partial charge on any atom is 0.320 e. The highest BCUT2D eigenvalue weighted by molar-refractivity contribution is 5.87. The van der Waals surface area contributed by atoms with Gasteiger partial charge in [0.15, 0.2) is 0 Å². The van der Waals surface area contributed by atoms with Crippen molar-refractivity contribution in [3.63, 3.8) is 0 Å². The lowest BCUT2D eigenvalue weighted by molar-refractivity contribution is -0.143. The molecule has 0 spiro atoms. The fraction of sp³-hybridized carbons (Fsp3) is 0.786. The van der Waals surface area contributed by atoms with E-state index in [1.807, 2.05) is 6.92 Å². The molecule has 0 aliphatic carbocycles. The summed E-state index contributed by atoms with van der Waals surface area (Å²) in [4.78, 5) is 38.9. The van der Waals surface area contributed by atoms with E-state index in [2.05, 4.69) is 5.32 Å². The summed E-state index contributed by atoms with van der Waals surface area (Å²) in [7, 11) is 1.57. The fourth-order valence-electron chi connectivity index (χ4n) is 3.28. The molecule has 0 aromatic heterocycles. The number of rotatable bonds is 2. The molecule has 7 heteroatoms. The zero-order chi connectivity index (χ0) is 15.6. The van der Waals surface area contributed by atoms with Crippen LogP contribution in [0.15, 0.2) is 0 Å². The van der Waals surface area contributed by atoms with E-state index in [1.165, 1.54) is 0 Å². The van der Waals surface area contributed by atoms with Gasteiger partial charge in [-0.05, 0) is 32.6 Å². The van der Waals surface area contributed by atoms with Crippen LogP contribution < -0.4 is 5.32 Å². The molecule has 3 atom stereocenters. The molecule has 2 heterocycles. The number of aliphatic carboxylic acids is 1. The summed E-state index contributed by atoms with van der Waals surface area (Å²) in [5, 5.41) is 11.7. The highest BCUT2D eigenvalue weighted by atomic mass is 16.4. The van der Waals surface area contributed by atoms with Crippen LogP contribution in [0.3, 0.4) is 0 Å². The Kier molecular flexibility index (Phi) is 4.69. The number of nitrogens with zero attached hydrogens (tertiary/aromatic N) is 2. The standard InChI is InChI=1S/C14H23N3O4/c1-9-8-10(13(19)20)5-7-16(9)14(21)17-6-3-4-11(17)12(18)15-2/h9-11H,3-8H2,1-2H3,(H,15,18)(H,19,20). The lowest BCUT2D eigenvalue weighted by Gasteiger charge is -2.39. The van der Waals surface area contributed by atoms with Crippen molar-refractivity contribution in [1.29, 1.82) is 0 Å². The predicted octanol–water partition coefficient (Wildman–Crippen LogP) is 0.502. The Morgan fingerprint density at radius 2 is 1.86 bits per heavy atom. The first kappa shape index (κ1) is 15.6. The molecule has 3 amide bonds. The SMILES string of the molecule is CNC(=O)C1CCCN1C(=O)N1CCC(C(=O)O)CC1C. The zero-order valence-corrected chi connectivity index (χ0v) is 12.5. The van der Waals surface area contributed by atoms with Gasteiger partial charge in [0.1, 0.15) is 6.04 Å². The minimum Gasteiger partial charge on any atom is -0.481 e. The van der Waals surface area contributed by atoms with Crippen molar-refractivity contribution >= 4 is 17.9 Å². The molecule has 0 radical (unpaired) electrons. The van der Waals surface area contributed by atoms with Gasteiger partial charge in [-0.1, -0.05) is 0 Å². The largest absolute Gasteiger partial charge is 0.481 e. The van der Waals surface area contributed by atoms with Crippen molar-refractivity contribution in [3.05, 3.63) is 0 Å². The van der Waals surface area contributed by atoms with Gasteiger partial charge < -0.3 is 20.2 Å². The van der Waals surface area contributed by atoms with Gasteiger partial charge in [-0.25, -0.2) is 4.79 Å². The second-order valence-corrected chi connectivity index (χ2v) is 5.85. The number of amides is 3. The summed E-state index contributed by atoms with van der Waals surface area (Å²) >= 11 is 0. The van der Waals surface area contributed by atoms with E-state index in [0.29, 0.717) is 32.4 Å². The first-order chi connectivity index (χ1) is 9.95. The molecule has 0 aromatic carbocycles. The number of hydrogen-bond donors (Lipinski definition) is 2. The third-order valence-electron chi connectivity index (χ3n) is 4.52. The molecule has 2 N–H and O–H groups in total. The number of likely N-dealkylation sites (tertiary alicyclic amines) is 2. The third-order valence-corrected chi connectivity index (χ3v) is 4.52. The summed E-state index contributed by atoms with van der Waals surface area (Å²) in [6.45, 7) is 2.90. The van der Waals surface area contributed by atoms with Crippen LogP contribution in [0.25, 0.3) is 0 Å². The van der Waals surface area contributed by atoms with Gasteiger partial charge >= 0.3 is 12.0 Å². The number of carbonyl (C=O) groups excluding carboxylic acids is 2. The first-order valence-electron chi connectivity index (χ1n) is 7.47. The summed E-state index contributed by atoms with van der Waals surface area (Å²) < 4.78 is 0. The molecule has 0 aromatic rings.